The van der Waals surface area contributed by atoms with Crippen LogP contribution in [0.3, 0.4) is 0 Å². The molecule has 1 aromatic carbocycles. The Morgan fingerprint density at radius 3 is 2.53 bits per heavy atom. The van der Waals surface area contributed by atoms with Gasteiger partial charge in [0.15, 0.2) is 0 Å². The lowest BCUT2D eigenvalue weighted by Gasteiger charge is -2.41. The van der Waals surface area contributed by atoms with E-state index in [1.54, 1.807) is 0 Å². The van der Waals surface area contributed by atoms with Crippen molar-refractivity contribution in [1.29, 1.82) is 0 Å². The summed E-state index contributed by atoms with van der Waals surface area (Å²) in [7, 11) is 3.04. The summed E-state index contributed by atoms with van der Waals surface area (Å²) in [5.41, 5.74) is -0.780. The van der Waals surface area contributed by atoms with Crippen molar-refractivity contribution in [3.63, 3.8) is 0 Å². The van der Waals surface area contributed by atoms with E-state index in [0.717, 1.165) is 0 Å². The molecule has 5 atom stereocenters. The molecule has 0 spiro atoms. The molecule has 1 aliphatic rings. The van der Waals surface area contributed by atoms with Gasteiger partial charge in [-0.2, -0.15) is 0 Å². The second kappa shape index (κ2) is 9.53. The second-order valence-electron chi connectivity index (χ2n) is 7.41. The zero-order valence-corrected chi connectivity index (χ0v) is 17.5. The molecule has 12 heteroatoms. The lowest BCUT2D eigenvalue weighted by molar-refractivity contribution is -0.244. The number of aliphatic hydroxyl groups excluding tert-OH is 3. The maximum atomic E-state index is 12.5. The van der Waals surface area contributed by atoms with Gasteiger partial charge in [0.05, 0.1) is 6.61 Å². The molecule has 4 N–H and O–H groups in total. The van der Waals surface area contributed by atoms with Crippen molar-refractivity contribution in [2.24, 2.45) is 0 Å². The summed E-state index contributed by atoms with van der Waals surface area (Å²) in [6, 6.07) is 4.51. The molecule has 1 saturated heterocycles. The number of hydrogen-bond donors (Lipinski definition) is 4. The third kappa shape index (κ3) is 4.99. The highest BCUT2D eigenvalue weighted by molar-refractivity contribution is 5.80. The van der Waals surface area contributed by atoms with E-state index in [2.05, 4.69) is 5.32 Å². The summed E-state index contributed by atoms with van der Waals surface area (Å²) >= 11 is 0. The largest absolute Gasteiger partial charge is 0.455 e. The van der Waals surface area contributed by atoms with E-state index in [9.17, 15) is 29.7 Å². The van der Waals surface area contributed by atoms with E-state index >= 15 is 0 Å². The Bertz CT molecular complexity index is 1050. The molecule has 32 heavy (non-hydrogen) atoms. The van der Waals surface area contributed by atoms with Gasteiger partial charge in [0, 0.05) is 32.5 Å². The molecule has 1 fully saturated rings. The van der Waals surface area contributed by atoms with Crippen LogP contribution in [0, 0.1) is 0 Å². The Hall–Kier alpha value is -3.19. The van der Waals surface area contributed by atoms with Gasteiger partial charge < -0.3 is 44.2 Å². The predicted molar refractivity (Wildman–Crippen MR) is 108 cm³/mol. The van der Waals surface area contributed by atoms with Crippen LogP contribution in [0.5, 0.6) is 11.5 Å². The fourth-order valence-electron chi connectivity index (χ4n) is 3.11. The molecule has 1 aliphatic heterocycles. The molecule has 12 nitrogen and oxygen atoms in total. The van der Waals surface area contributed by atoms with Gasteiger partial charge >= 0.3 is 11.7 Å². The molecular weight excluding hydrogens is 428 g/mol. The van der Waals surface area contributed by atoms with Crippen LogP contribution in [-0.4, -0.2) is 83.6 Å². The first-order valence-electron chi connectivity index (χ1n) is 9.64. The molecule has 0 bridgehead atoms. The van der Waals surface area contributed by atoms with Gasteiger partial charge in [0.1, 0.15) is 35.7 Å². The number of hydrogen-bond acceptors (Lipinski definition) is 10. The lowest BCUT2D eigenvalue weighted by atomic mass is 9.97. The minimum Gasteiger partial charge on any atom is -0.455 e. The molecule has 0 saturated carbocycles. The number of carbonyl (C=O) groups is 2. The Morgan fingerprint density at radius 2 is 1.91 bits per heavy atom. The molecule has 2 heterocycles. The zero-order chi connectivity index (χ0) is 23.6. The van der Waals surface area contributed by atoms with Crippen LogP contribution in [0.25, 0.3) is 11.0 Å². The Labute approximate surface area is 181 Å². The highest BCUT2D eigenvalue weighted by Crippen LogP contribution is 2.26. The third-order valence-corrected chi connectivity index (χ3v) is 4.74. The summed E-state index contributed by atoms with van der Waals surface area (Å²) in [6.07, 6.45) is -6.25. The van der Waals surface area contributed by atoms with Crippen LogP contribution in [-0.2, 0) is 9.53 Å². The van der Waals surface area contributed by atoms with E-state index in [-0.39, 0.29) is 17.1 Å². The monoisotopic (exact) mass is 452 g/mol. The van der Waals surface area contributed by atoms with E-state index in [1.165, 1.54) is 50.2 Å². The van der Waals surface area contributed by atoms with Gasteiger partial charge in [0.2, 0.25) is 17.9 Å². The summed E-state index contributed by atoms with van der Waals surface area (Å²) in [6.45, 7) is 0.561. The van der Waals surface area contributed by atoms with E-state index in [1.807, 2.05) is 0 Å². The molecule has 3 rings (SSSR count). The third-order valence-electron chi connectivity index (χ3n) is 4.74. The van der Waals surface area contributed by atoms with E-state index < -0.39 is 54.9 Å². The first-order valence-corrected chi connectivity index (χ1v) is 9.64. The quantitative estimate of drug-likeness (QED) is 0.421. The maximum Gasteiger partial charge on any atom is 0.414 e. The first-order chi connectivity index (χ1) is 15.1. The number of carbonyl (C=O) groups excluding carboxylic acids is 2. The lowest BCUT2D eigenvalue weighted by Crippen LogP contribution is -2.65. The van der Waals surface area contributed by atoms with Gasteiger partial charge in [-0.15, -0.1) is 0 Å². The summed E-state index contributed by atoms with van der Waals surface area (Å²) in [4.78, 5) is 36.9. The highest BCUT2D eigenvalue weighted by Gasteiger charge is 2.46. The van der Waals surface area contributed by atoms with Crippen molar-refractivity contribution in [3.8, 4) is 11.5 Å². The predicted octanol–water partition coefficient (Wildman–Crippen LogP) is -0.824. The van der Waals surface area contributed by atoms with Crippen molar-refractivity contribution < 1.29 is 43.5 Å². The fourth-order valence-corrected chi connectivity index (χ4v) is 3.11. The minimum absolute atomic E-state index is 0.123. The Balaban J connectivity index is 1.89. The number of benzene rings is 1. The Kier molecular flexibility index (Phi) is 6.99. The van der Waals surface area contributed by atoms with Crippen LogP contribution in [0.4, 0.5) is 4.79 Å². The summed E-state index contributed by atoms with van der Waals surface area (Å²) < 4.78 is 21.4. The number of amides is 2. The molecule has 2 amide bonds. The number of ether oxygens (including phenoxy) is 3. The molecule has 0 aliphatic carbocycles. The average Bonchev–Trinajstić information content (AvgIpc) is 2.73. The second-order valence-corrected chi connectivity index (χ2v) is 7.41. The van der Waals surface area contributed by atoms with Crippen LogP contribution >= 0.6 is 0 Å². The van der Waals surface area contributed by atoms with Gasteiger partial charge in [-0.25, -0.2) is 9.59 Å². The number of rotatable bonds is 5. The number of nitrogens with one attached hydrogen (secondary N) is 1. The SMILES string of the molecule is CC(=O)N[C@H]1C(Oc2cc3ccc(OC(=O)N(C)C)cc3oc2=O)O[C@H](CO)[C@@H](O)[C@@H]1O. The number of aliphatic hydroxyl groups is 3. The van der Waals surface area contributed by atoms with E-state index in [4.69, 9.17) is 18.6 Å². The van der Waals surface area contributed by atoms with Crippen molar-refractivity contribution in [2.45, 2.75) is 37.6 Å². The molecule has 1 aromatic heterocycles. The molecule has 174 valence electrons. The molecular formula is C20H24N2O10. The molecule has 2 aromatic rings. The fraction of sp³-hybridized carbons (Fsp3) is 0.450. The average molecular weight is 452 g/mol. The summed E-state index contributed by atoms with van der Waals surface area (Å²) in [5, 5.41) is 32.6. The molecule has 1 unspecified atom stereocenters. The van der Waals surface area contributed by atoms with Crippen molar-refractivity contribution >= 4 is 23.0 Å². The van der Waals surface area contributed by atoms with E-state index in [0.29, 0.717) is 5.39 Å². The van der Waals surface area contributed by atoms with Crippen molar-refractivity contribution in [3.05, 3.63) is 34.7 Å². The highest BCUT2D eigenvalue weighted by atomic mass is 16.7. The van der Waals surface area contributed by atoms with Crippen LogP contribution < -0.4 is 20.4 Å². The first kappa shape index (κ1) is 23.5. The zero-order valence-electron chi connectivity index (χ0n) is 17.5. The smallest absolute Gasteiger partial charge is 0.414 e. The molecule has 0 radical (unpaired) electrons. The van der Waals surface area contributed by atoms with Crippen LogP contribution in [0.2, 0.25) is 0 Å². The topological polar surface area (TPSA) is 168 Å². The van der Waals surface area contributed by atoms with Gasteiger partial charge in [-0.1, -0.05) is 0 Å². The normalized spacial score (nSPS) is 25.2. The standard InChI is InChI=1S/C20H24N2O10/c1-9(24)21-15-17(26)16(25)14(8-23)32-19(15)31-13-6-10-4-5-11(29-20(28)22(2)3)7-12(10)30-18(13)27/h4-7,14-17,19,23,25-26H,8H2,1-3H3,(H,21,24)/t14-,15-,16-,17-,19?/m1/s1. The summed E-state index contributed by atoms with van der Waals surface area (Å²) in [5.74, 6) is -0.667. The van der Waals surface area contributed by atoms with Crippen LogP contribution in [0.1, 0.15) is 6.92 Å². The van der Waals surface area contributed by atoms with Gasteiger partial charge in [0.25, 0.3) is 0 Å². The minimum atomic E-state index is -1.53. The van der Waals surface area contributed by atoms with Gasteiger partial charge in [-0.05, 0) is 18.2 Å². The van der Waals surface area contributed by atoms with Crippen molar-refractivity contribution in [1.82, 2.24) is 10.2 Å². The maximum absolute atomic E-state index is 12.5. The Morgan fingerprint density at radius 1 is 1.19 bits per heavy atom. The van der Waals surface area contributed by atoms with Crippen LogP contribution in [0.15, 0.2) is 33.5 Å². The van der Waals surface area contributed by atoms with Crippen molar-refractivity contribution in [2.75, 3.05) is 20.7 Å². The number of nitrogens with zero attached hydrogens (tertiary/aromatic N) is 1. The number of fused-ring (bicyclic) bond motifs is 1. The van der Waals surface area contributed by atoms with Gasteiger partial charge in [-0.3, -0.25) is 4.79 Å².